The van der Waals surface area contributed by atoms with Gasteiger partial charge in [0.15, 0.2) is 0 Å². The molecule has 0 radical (unpaired) electrons. The lowest BCUT2D eigenvalue weighted by molar-refractivity contribution is 0.0481. The largest absolute Gasteiger partial charge is 0.462 e. The molecule has 0 bridgehead atoms. The minimum absolute atomic E-state index is 0.161. The number of esters is 2. The van der Waals surface area contributed by atoms with E-state index in [1.807, 2.05) is 30.3 Å². The van der Waals surface area contributed by atoms with E-state index in [-0.39, 0.29) is 24.3 Å². The molecular formula is C22H20ClNO4. The van der Waals surface area contributed by atoms with Gasteiger partial charge in [0.05, 0.1) is 24.5 Å². The highest BCUT2D eigenvalue weighted by molar-refractivity contribution is 6.30. The van der Waals surface area contributed by atoms with Crippen molar-refractivity contribution < 1.29 is 19.1 Å². The van der Waals surface area contributed by atoms with Crippen LogP contribution in [0.3, 0.4) is 0 Å². The van der Waals surface area contributed by atoms with E-state index in [0.29, 0.717) is 10.7 Å². The zero-order valence-corrected chi connectivity index (χ0v) is 16.4. The van der Waals surface area contributed by atoms with E-state index in [4.69, 9.17) is 21.1 Å². The Morgan fingerprint density at radius 3 is 2.11 bits per heavy atom. The quantitative estimate of drug-likeness (QED) is 0.539. The minimum Gasteiger partial charge on any atom is -0.462 e. The van der Waals surface area contributed by atoms with Crippen LogP contribution in [0.5, 0.6) is 0 Å². The third-order valence-electron chi connectivity index (χ3n) is 4.13. The molecule has 28 heavy (non-hydrogen) atoms. The van der Waals surface area contributed by atoms with Crippen molar-refractivity contribution in [1.29, 1.82) is 0 Å². The zero-order chi connectivity index (χ0) is 20.1. The van der Waals surface area contributed by atoms with Gasteiger partial charge in [-0.3, -0.25) is 0 Å². The van der Waals surface area contributed by atoms with Crippen LogP contribution in [0.1, 0.15) is 34.6 Å². The predicted octanol–water partition coefficient (Wildman–Crippen LogP) is 5.15. The van der Waals surface area contributed by atoms with Gasteiger partial charge in [-0.1, -0.05) is 41.9 Å². The van der Waals surface area contributed by atoms with E-state index >= 15 is 0 Å². The summed E-state index contributed by atoms with van der Waals surface area (Å²) in [4.78, 5) is 25.4. The summed E-state index contributed by atoms with van der Waals surface area (Å²) in [6.45, 7) is 3.83. The average molecular weight is 398 g/mol. The molecule has 3 aromatic rings. The molecule has 0 spiro atoms. The lowest BCUT2D eigenvalue weighted by Gasteiger charge is -2.12. The maximum absolute atomic E-state index is 12.8. The van der Waals surface area contributed by atoms with Crippen molar-refractivity contribution in [3.8, 4) is 16.9 Å². The second kappa shape index (κ2) is 8.76. The first-order valence-electron chi connectivity index (χ1n) is 8.97. The number of halogens is 1. The highest BCUT2D eigenvalue weighted by Crippen LogP contribution is 2.33. The number of hydrogen-bond acceptors (Lipinski definition) is 4. The normalized spacial score (nSPS) is 10.5. The van der Waals surface area contributed by atoms with Gasteiger partial charge in [-0.2, -0.15) is 0 Å². The molecule has 0 amide bonds. The van der Waals surface area contributed by atoms with Crippen molar-refractivity contribution in [2.24, 2.45) is 0 Å². The molecule has 6 heteroatoms. The summed E-state index contributed by atoms with van der Waals surface area (Å²) in [5.74, 6) is -1.15. The van der Waals surface area contributed by atoms with Gasteiger partial charge in [0, 0.05) is 16.9 Å². The molecule has 1 heterocycles. The van der Waals surface area contributed by atoms with Gasteiger partial charge in [0.25, 0.3) is 0 Å². The van der Waals surface area contributed by atoms with E-state index in [0.717, 1.165) is 11.3 Å². The molecule has 144 valence electrons. The van der Waals surface area contributed by atoms with Crippen LogP contribution in [0.4, 0.5) is 0 Å². The van der Waals surface area contributed by atoms with Gasteiger partial charge in [-0.15, -0.1) is 0 Å². The molecule has 0 saturated carbocycles. The van der Waals surface area contributed by atoms with Crippen LogP contribution in [0.25, 0.3) is 16.9 Å². The zero-order valence-electron chi connectivity index (χ0n) is 15.6. The topological polar surface area (TPSA) is 57.5 Å². The Morgan fingerprint density at radius 1 is 0.893 bits per heavy atom. The maximum Gasteiger partial charge on any atom is 0.341 e. The summed E-state index contributed by atoms with van der Waals surface area (Å²) in [5, 5.41) is 0.574. The fraction of sp³-hybridized carbons (Fsp3) is 0.182. The summed E-state index contributed by atoms with van der Waals surface area (Å²) in [6, 6.07) is 16.5. The lowest BCUT2D eigenvalue weighted by atomic mass is 10.0. The van der Waals surface area contributed by atoms with Gasteiger partial charge < -0.3 is 14.0 Å². The molecule has 1 aromatic heterocycles. The molecule has 0 saturated heterocycles. The summed E-state index contributed by atoms with van der Waals surface area (Å²) in [7, 11) is 0. The number of carbonyl (C=O) groups excluding carboxylic acids is 2. The average Bonchev–Trinajstić information content (AvgIpc) is 3.10. The van der Waals surface area contributed by atoms with Gasteiger partial charge in [-0.25, -0.2) is 9.59 Å². The van der Waals surface area contributed by atoms with Crippen LogP contribution in [-0.2, 0) is 9.47 Å². The molecule has 0 fully saturated rings. The molecule has 0 aliphatic carbocycles. The van der Waals surface area contributed by atoms with Crippen LogP contribution in [0.2, 0.25) is 5.02 Å². The van der Waals surface area contributed by atoms with E-state index in [9.17, 15) is 9.59 Å². The molecule has 5 nitrogen and oxygen atoms in total. The predicted molar refractivity (Wildman–Crippen MR) is 108 cm³/mol. The fourth-order valence-electron chi connectivity index (χ4n) is 2.96. The van der Waals surface area contributed by atoms with Crippen LogP contribution >= 0.6 is 11.6 Å². The van der Waals surface area contributed by atoms with E-state index < -0.39 is 11.9 Å². The Bertz CT molecular complexity index is 978. The minimum atomic E-state index is -0.579. The summed E-state index contributed by atoms with van der Waals surface area (Å²) < 4.78 is 12.2. The Kier molecular flexibility index (Phi) is 6.16. The van der Waals surface area contributed by atoms with E-state index in [1.165, 1.54) is 0 Å². The van der Waals surface area contributed by atoms with E-state index in [2.05, 4.69) is 0 Å². The smallest absolute Gasteiger partial charge is 0.341 e. The molecule has 0 unspecified atom stereocenters. The Labute approximate surface area is 168 Å². The van der Waals surface area contributed by atoms with Crippen LogP contribution in [0, 0.1) is 0 Å². The number of rotatable bonds is 6. The number of aromatic nitrogens is 1. The second-order valence-corrected chi connectivity index (χ2v) is 6.36. The van der Waals surface area contributed by atoms with Crippen molar-refractivity contribution >= 4 is 23.5 Å². The van der Waals surface area contributed by atoms with Crippen molar-refractivity contribution in [2.45, 2.75) is 13.8 Å². The highest BCUT2D eigenvalue weighted by atomic mass is 35.5. The van der Waals surface area contributed by atoms with E-state index in [1.54, 1.807) is 48.9 Å². The lowest BCUT2D eigenvalue weighted by Crippen LogP contribution is -2.13. The highest BCUT2D eigenvalue weighted by Gasteiger charge is 2.29. The number of ether oxygens (including phenoxy) is 2. The summed E-state index contributed by atoms with van der Waals surface area (Å²) in [6.07, 6.45) is 1.61. The molecule has 0 N–H and O–H groups in total. The van der Waals surface area contributed by atoms with Crippen molar-refractivity contribution in [3.05, 3.63) is 76.9 Å². The summed E-state index contributed by atoms with van der Waals surface area (Å²) in [5.41, 5.74) is 2.41. The number of nitrogens with zero attached hydrogens (tertiary/aromatic N) is 1. The van der Waals surface area contributed by atoms with Gasteiger partial charge in [-0.05, 0) is 43.7 Å². The van der Waals surface area contributed by atoms with Crippen LogP contribution < -0.4 is 0 Å². The Morgan fingerprint density at radius 2 is 1.50 bits per heavy atom. The third-order valence-corrected chi connectivity index (χ3v) is 4.38. The maximum atomic E-state index is 12.8. The summed E-state index contributed by atoms with van der Waals surface area (Å²) >= 11 is 6.03. The van der Waals surface area contributed by atoms with Gasteiger partial charge in [0.2, 0.25) is 0 Å². The number of benzene rings is 2. The standard InChI is InChI=1S/C22H20ClNO4/c1-3-27-21(25)18-14-24(17-8-6-5-7-9-17)20(19(18)22(26)28-4-2)15-10-12-16(23)13-11-15/h5-14H,3-4H2,1-2H3. The molecule has 3 rings (SSSR count). The number of hydrogen-bond donors (Lipinski definition) is 0. The Balaban J connectivity index is 2.32. The molecule has 0 aliphatic rings. The van der Waals surface area contributed by atoms with Crippen molar-refractivity contribution in [2.75, 3.05) is 13.2 Å². The fourth-order valence-corrected chi connectivity index (χ4v) is 3.09. The van der Waals surface area contributed by atoms with Crippen molar-refractivity contribution in [3.63, 3.8) is 0 Å². The molecule has 2 aromatic carbocycles. The third kappa shape index (κ3) is 3.94. The molecular weight excluding hydrogens is 378 g/mol. The number of para-hydroxylation sites is 1. The SMILES string of the molecule is CCOC(=O)c1cn(-c2ccccc2)c(-c2ccc(Cl)cc2)c1C(=O)OCC. The molecule has 0 atom stereocenters. The van der Waals surface area contributed by atoms with Gasteiger partial charge in [0.1, 0.15) is 5.56 Å². The van der Waals surface area contributed by atoms with Gasteiger partial charge >= 0.3 is 11.9 Å². The number of carbonyl (C=O) groups is 2. The first kappa shape index (κ1) is 19.7. The first-order valence-corrected chi connectivity index (χ1v) is 9.35. The second-order valence-electron chi connectivity index (χ2n) is 5.92. The Hall–Kier alpha value is -3.05. The monoisotopic (exact) mass is 397 g/mol. The van der Waals surface area contributed by atoms with Crippen LogP contribution in [-0.4, -0.2) is 29.7 Å². The molecule has 0 aliphatic heterocycles. The van der Waals surface area contributed by atoms with Crippen molar-refractivity contribution in [1.82, 2.24) is 4.57 Å². The first-order chi connectivity index (χ1) is 13.6. The van der Waals surface area contributed by atoms with Crippen LogP contribution in [0.15, 0.2) is 60.8 Å².